The summed E-state index contributed by atoms with van der Waals surface area (Å²) in [6, 6.07) is 19.5. The van der Waals surface area contributed by atoms with Crippen molar-refractivity contribution in [3.8, 4) is 0 Å². The molecule has 0 spiro atoms. The molecule has 0 fully saturated rings. The Balaban J connectivity index is 2.51. The van der Waals surface area contributed by atoms with E-state index in [4.69, 9.17) is 0 Å². The molecule has 2 aromatic rings. The van der Waals surface area contributed by atoms with E-state index in [1.165, 1.54) is 16.9 Å². The Morgan fingerprint density at radius 2 is 1.40 bits per heavy atom. The number of rotatable bonds is 3. The smallest absolute Gasteiger partial charge is 0.0418 e. The van der Waals surface area contributed by atoms with Crippen LogP contribution >= 0.6 is 0 Å². The fraction of sp³-hybridized carbons (Fsp3) is 0.368. The van der Waals surface area contributed by atoms with E-state index in [9.17, 15) is 0 Å². The van der Waals surface area contributed by atoms with Gasteiger partial charge in [-0.15, -0.1) is 0 Å². The highest BCUT2D eigenvalue weighted by Gasteiger charge is 2.23. The molecule has 0 aliphatic rings. The van der Waals surface area contributed by atoms with E-state index in [-0.39, 0.29) is 5.54 Å². The molecule has 1 nitrogen and oxygen atoms in total. The molecule has 0 atom stereocenters. The summed E-state index contributed by atoms with van der Waals surface area (Å²) in [4.78, 5) is 2.40. The van der Waals surface area contributed by atoms with Crippen molar-refractivity contribution in [2.45, 2.75) is 46.1 Å². The van der Waals surface area contributed by atoms with Crippen molar-refractivity contribution in [2.75, 3.05) is 4.90 Å². The van der Waals surface area contributed by atoms with E-state index < -0.39 is 0 Å². The van der Waals surface area contributed by atoms with Crippen molar-refractivity contribution in [3.63, 3.8) is 0 Å². The predicted octanol–water partition coefficient (Wildman–Crippen LogP) is 5.75. The fourth-order valence-electron chi connectivity index (χ4n) is 2.52. The summed E-state index contributed by atoms with van der Waals surface area (Å²) >= 11 is 0. The molecule has 0 aliphatic carbocycles. The number of benzene rings is 2. The lowest BCUT2D eigenvalue weighted by Crippen LogP contribution is -2.37. The van der Waals surface area contributed by atoms with Gasteiger partial charge in [0.05, 0.1) is 0 Å². The lowest BCUT2D eigenvalue weighted by atomic mass is 9.99. The van der Waals surface area contributed by atoms with Crippen LogP contribution in [0.2, 0.25) is 0 Å². The van der Waals surface area contributed by atoms with Crippen molar-refractivity contribution < 1.29 is 0 Å². The van der Waals surface area contributed by atoms with Gasteiger partial charge in [-0.25, -0.2) is 0 Å². The second kappa shape index (κ2) is 5.70. The van der Waals surface area contributed by atoms with E-state index in [1.54, 1.807) is 0 Å². The molecule has 1 heteroatoms. The molecule has 0 saturated carbocycles. The van der Waals surface area contributed by atoms with Crippen LogP contribution in [-0.4, -0.2) is 5.54 Å². The Hall–Kier alpha value is -1.76. The number of nitrogens with zero attached hydrogens (tertiary/aromatic N) is 1. The van der Waals surface area contributed by atoms with Gasteiger partial charge in [0.25, 0.3) is 0 Å². The molecule has 0 aromatic heterocycles. The van der Waals surface area contributed by atoms with Crippen molar-refractivity contribution in [1.82, 2.24) is 0 Å². The van der Waals surface area contributed by atoms with Crippen molar-refractivity contribution in [1.29, 1.82) is 0 Å². The molecule has 0 unspecified atom stereocenters. The molecule has 0 N–H and O–H groups in total. The molecule has 0 saturated heterocycles. The molecule has 0 amide bonds. The highest BCUT2D eigenvalue weighted by molar-refractivity contribution is 5.66. The van der Waals surface area contributed by atoms with Crippen LogP contribution in [0.5, 0.6) is 0 Å². The molecule has 2 aromatic carbocycles. The number of para-hydroxylation sites is 1. The fourth-order valence-corrected chi connectivity index (χ4v) is 2.52. The Morgan fingerprint density at radius 1 is 0.800 bits per heavy atom. The minimum absolute atomic E-state index is 0.0386. The Kier molecular flexibility index (Phi) is 4.17. The number of hydrogen-bond acceptors (Lipinski definition) is 1. The summed E-state index contributed by atoms with van der Waals surface area (Å²) in [6.45, 7) is 11.2. The van der Waals surface area contributed by atoms with E-state index in [0.29, 0.717) is 5.92 Å². The minimum atomic E-state index is 0.0386. The average molecular weight is 267 g/mol. The van der Waals surface area contributed by atoms with E-state index in [2.05, 4.69) is 94.1 Å². The Labute approximate surface area is 123 Å². The summed E-state index contributed by atoms with van der Waals surface area (Å²) in [5.41, 5.74) is 3.92. The van der Waals surface area contributed by atoms with Crippen LogP contribution in [-0.2, 0) is 0 Å². The van der Waals surface area contributed by atoms with Crippen LogP contribution in [0.3, 0.4) is 0 Å². The van der Waals surface area contributed by atoms with E-state index in [0.717, 1.165) is 0 Å². The SMILES string of the molecule is CC(C)c1cccc(N(c2ccccc2)C(C)(C)C)c1. The zero-order chi connectivity index (χ0) is 14.8. The Bertz CT molecular complexity index is 549. The minimum Gasteiger partial charge on any atom is -0.336 e. The third-order valence-corrected chi connectivity index (χ3v) is 3.48. The first kappa shape index (κ1) is 14.6. The third-order valence-electron chi connectivity index (χ3n) is 3.48. The lowest BCUT2D eigenvalue weighted by Gasteiger charge is -2.38. The molecule has 0 radical (unpaired) electrons. The topological polar surface area (TPSA) is 3.24 Å². The lowest BCUT2D eigenvalue weighted by molar-refractivity contribution is 0.560. The van der Waals surface area contributed by atoms with Gasteiger partial charge in [0, 0.05) is 16.9 Å². The summed E-state index contributed by atoms with van der Waals surface area (Å²) in [5.74, 6) is 0.549. The quantitative estimate of drug-likeness (QED) is 0.684. The van der Waals surface area contributed by atoms with Gasteiger partial charge in [0.2, 0.25) is 0 Å². The molecule has 2 rings (SSSR count). The number of anilines is 2. The summed E-state index contributed by atoms with van der Waals surface area (Å²) in [7, 11) is 0. The van der Waals surface area contributed by atoms with Gasteiger partial charge in [-0.2, -0.15) is 0 Å². The van der Waals surface area contributed by atoms with E-state index in [1.807, 2.05) is 0 Å². The summed E-state index contributed by atoms with van der Waals surface area (Å²) in [6.07, 6.45) is 0. The second-order valence-corrected chi connectivity index (χ2v) is 6.59. The first-order valence-electron chi connectivity index (χ1n) is 7.35. The first-order valence-corrected chi connectivity index (χ1v) is 7.35. The maximum atomic E-state index is 2.40. The Morgan fingerprint density at radius 3 is 1.95 bits per heavy atom. The highest BCUT2D eigenvalue weighted by atomic mass is 15.2. The normalized spacial score (nSPS) is 11.7. The van der Waals surface area contributed by atoms with Crippen LogP contribution in [0, 0.1) is 0 Å². The average Bonchev–Trinajstić information content (AvgIpc) is 2.39. The maximum Gasteiger partial charge on any atom is 0.0418 e. The van der Waals surface area contributed by atoms with Crippen LogP contribution in [0.15, 0.2) is 54.6 Å². The van der Waals surface area contributed by atoms with E-state index >= 15 is 0 Å². The van der Waals surface area contributed by atoms with Gasteiger partial charge in [-0.1, -0.05) is 44.2 Å². The van der Waals surface area contributed by atoms with Crippen molar-refractivity contribution >= 4 is 11.4 Å². The van der Waals surface area contributed by atoms with Gasteiger partial charge in [-0.3, -0.25) is 0 Å². The van der Waals surface area contributed by atoms with Gasteiger partial charge in [-0.05, 0) is 56.5 Å². The monoisotopic (exact) mass is 267 g/mol. The van der Waals surface area contributed by atoms with Crippen LogP contribution < -0.4 is 4.90 Å². The zero-order valence-electron chi connectivity index (χ0n) is 13.2. The van der Waals surface area contributed by atoms with Crippen LogP contribution in [0.4, 0.5) is 11.4 Å². The third kappa shape index (κ3) is 3.22. The molecule has 0 bridgehead atoms. The van der Waals surface area contributed by atoms with Gasteiger partial charge in [0.15, 0.2) is 0 Å². The van der Waals surface area contributed by atoms with Crippen LogP contribution in [0.25, 0.3) is 0 Å². The van der Waals surface area contributed by atoms with Gasteiger partial charge < -0.3 is 4.90 Å². The maximum absolute atomic E-state index is 2.40. The van der Waals surface area contributed by atoms with Crippen molar-refractivity contribution in [2.24, 2.45) is 0 Å². The van der Waals surface area contributed by atoms with Gasteiger partial charge in [0.1, 0.15) is 0 Å². The second-order valence-electron chi connectivity index (χ2n) is 6.59. The first-order chi connectivity index (χ1) is 9.39. The van der Waals surface area contributed by atoms with Gasteiger partial charge >= 0.3 is 0 Å². The van der Waals surface area contributed by atoms with Crippen molar-refractivity contribution in [3.05, 3.63) is 60.2 Å². The summed E-state index contributed by atoms with van der Waals surface area (Å²) < 4.78 is 0. The molecule has 106 valence electrons. The largest absolute Gasteiger partial charge is 0.336 e. The molecule has 0 heterocycles. The summed E-state index contributed by atoms with van der Waals surface area (Å²) in [5, 5.41) is 0. The predicted molar refractivity (Wildman–Crippen MR) is 88.9 cm³/mol. The molecular formula is C19H25N. The molecule has 0 aliphatic heterocycles. The van der Waals surface area contributed by atoms with Crippen LogP contribution in [0.1, 0.15) is 46.1 Å². The standard InChI is InChI=1S/C19H25N/c1-15(2)16-10-9-13-18(14-16)20(19(3,4)5)17-11-7-6-8-12-17/h6-15H,1-5H3. The number of hydrogen-bond donors (Lipinski definition) is 0. The highest BCUT2D eigenvalue weighted by Crippen LogP contribution is 2.34. The zero-order valence-corrected chi connectivity index (χ0v) is 13.2. The molecule has 20 heavy (non-hydrogen) atoms. The molecular weight excluding hydrogens is 242 g/mol.